The van der Waals surface area contributed by atoms with Gasteiger partial charge in [-0.1, -0.05) is 6.92 Å². The molecule has 1 aliphatic heterocycles. The highest BCUT2D eigenvalue weighted by atomic mass is 32.2. The highest BCUT2D eigenvalue weighted by Crippen LogP contribution is 2.24. The fourth-order valence-electron chi connectivity index (χ4n) is 2.26. The number of carbonyl (C=O) groups is 1. The third-order valence-electron chi connectivity index (χ3n) is 3.46. The van der Waals surface area contributed by atoms with Gasteiger partial charge < -0.3 is 4.42 Å². The molecule has 2 rings (SSSR count). The van der Waals surface area contributed by atoms with E-state index in [4.69, 9.17) is 10.3 Å². The van der Waals surface area contributed by atoms with E-state index in [2.05, 4.69) is 0 Å². The van der Waals surface area contributed by atoms with Crippen molar-refractivity contribution in [2.45, 2.75) is 18.8 Å². The van der Waals surface area contributed by atoms with Crippen LogP contribution >= 0.6 is 11.8 Å². The Balaban J connectivity index is 2.21. The zero-order valence-electron chi connectivity index (χ0n) is 11.7. The third kappa shape index (κ3) is 3.60. The second kappa shape index (κ2) is 6.82. The van der Waals surface area contributed by atoms with E-state index in [9.17, 15) is 13.2 Å². The molecular weight excluding hydrogens is 314 g/mol. The first-order chi connectivity index (χ1) is 9.99. The van der Waals surface area contributed by atoms with Crippen molar-refractivity contribution in [2.24, 2.45) is 5.84 Å². The number of nitrogens with zero attached hydrogens (tertiary/aromatic N) is 1. The molecular formula is C12H19N3O4S2. The van der Waals surface area contributed by atoms with E-state index in [0.717, 1.165) is 5.75 Å². The van der Waals surface area contributed by atoms with Crippen LogP contribution in [0.5, 0.6) is 0 Å². The number of carbonyl (C=O) groups excluding carboxylic acids is 1. The van der Waals surface area contributed by atoms with Crippen molar-refractivity contribution >= 4 is 27.5 Å². The summed E-state index contributed by atoms with van der Waals surface area (Å²) in [6, 6.07) is 1.67. The summed E-state index contributed by atoms with van der Waals surface area (Å²) in [7, 11) is -3.16. The van der Waals surface area contributed by atoms with Gasteiger partial charge in [0, 0.05) is 35.9 Å². The van der Waals surface area contributed by atoms with Crippen LogP contribution in [0, 0.1) is 0 Å². The van der Waals surface area contributed by atoms with E-state index in [1.54, 1.807) is 24.8 Å². The molecule has 3 N–H and O–H groups in total. The topological polar surface area (TPSA) is 106 Å². The molecule has 1 aliphatic rings. The molecule has 9 heteroatoms. The van der Waals surface area contributed by atoms with Gasteiger partial charge in [-0.05, 0) is 6.07 Å². The Morgan fingerprint density at radius 1 is 1.62 bits per heavy atom. The van der Waals surface area contributed by atoms with Crippen molar-refractivity contribution in [1.29, 1.82) is 0 Å². The minimum Gasteiger partial charge on any atom is -0.459 e. The van der Waals surface area contributed by atoms with Crippen LogP contribution in [-0.4, -0.2) is 48.4 Å². The number of furan rings is 1. The molecule has 21 heavy (non-hydrogen) atoms. The number of hydrogen-bond donors (Lipinski definition) is 2. The van der Waals surface area contributed by atoms with E-state index in [0.29, 0.717) is 24.4 Å². The van der Waals surface area contributed by atoms with Crippen LogP contribution in [0.2, 0.25) is 0 Å². The van der Waals surface area contributed by atoms with Gasteiger partial charge in [0.1, 0.15) is 5.37 Å². The van der Waals surface area contributed by atoms with Gasteiger partial charge in [-0.3, -0.25) is 15.1 Å². The predicted molar refractivity (Wildman–Crippen MR) is 81.3 cm³/mol. The Kier molecular flexibility index (Phi) is 5.31. The Bertz CT molecular complexity index is 599. The van der Waals surface area contributed by atoms with Crippen molar-refractivity contribution in [3.8, 4) is 0 Å². The first-order valence-electron chi connectivity index (χ1n) is 6.60. The maximum Gasteiger partial charge on any atom is 0.301 e. The number of nitrogen functional groups attached to an aromatic ring is 1. The van der Waals surface area contributed by atoms with Crippen molar-refractivity contribution in [1.82, 2.24) is 10.3 Å². The summed E-state index contributed by atoms with van der Waals surface area (Å²) in [5.74, 6) is 6.24. The molecule has 2 heterocycles. The molecule has 0 aromatic carbocycles. The molecule has 1 amide bonds. The van der Waals surface area contributed by atoms with Crippen LogP contribution in [0.25, 0.3) is 0 Å². The molecule has 1 fully saturated rings. The number of nitrogens with two attached hydrogens (primary N) is 1. The molecule has 0 aliphatic carbocycles. The first kappa shape index (κ1) is 16.3. The number of hydrogen-bond acceptors (Lipinski definition) is 7. The third-order valence-corrected chi connectivity index (χ3v) is 6.80. The summed E-state index contributed by atoms with van der Waals surface area (Å²) < 4.78 is 29.5. The molecule has 0 bridgehead atoms. The van der Waals surface area contributed by atoms with Gasteiger partial charge >= 0.3 is 5.91 Å². The first-order valence-corrected chi connectivity index (χ1v) is 9.47. The van der Waals surface area contributed by atoms with Crippen molar-refractivity contribution in [2.75, 3.05) is 23.8 Å². The molecule has 1 atom stereocenters. The lowest BCUT2D eigenvalue weighted by Crippen LogP contribution is -2.47. The number of amides is 1. The van der Waals surface area contributed by atoms with Crippen LogP contribution in [0.1, 0.15) is 23.0 Å². The van der Waals surface area contributed by atoms with Crippen LogP contribution in [-0.2, 0) is 16.4 Å². The fraction of sp³-hybridized carbons (Fsp3) is 0.583. The number of thioether (sulfide) groups is 1. The summed E-state index contributed by atoms with van der Waals surface area (Å²) in [5, 5.41) is -0.523. The quantitative estimate of drug-likeness (QED) is 0.450. The highest BCUT2D eigenvalue weighted by Gasteiger charge is 2.33. The average Bonchev–Trinajstić information content (AvgIpc) is 2.95. The van der Waals surface area contributed by atoms with Crippen LogP contribution < -0.4 is 11.3 Å². The minimum absolute atomic E-state index is 0.107. The molecule has 0 spiro atoms. The lowest BCUT2D eigenvalue weighted by atomic mass is 10.2. The minimum atomic E-state index is -3.16. The summed E-state index contributed by atoms with van der Waals surface area (Å²) in [5.41, 5.74) is 2.66. The maximum absolute atomic E-state index is 12.2. The SMILES string of the molecule is CCS(=O)(=O)C1CSCCN1Cc1ccoc1C(=O)NN. The zero-order valence-corrected chi connectivity index (χ0v) is 13.4. The molecule has 1 aromatic rings. The molecule has 0 radical (unpaired) electrons. The number of nitrogens with one attached hydrogen (secondary N) is 1. The van der Waals surface area contributed by atoms with Crippen molar-refractivity contribution in [3.63, 3.8) is 0 Å². The second-order valence-corrected chi connectivity index (χ2v) is 8.30. The van der Waals surface area contributed by atoms with Gasteiger partial charge in [0.15, 0.2) is 15.6 Å². The predicted octanol–water partition coefficient (Wildman–Crippen LogP) is 0.193. The number of sulfone groups is 1. The maximum atomic E-state index is 12.2. The van der Waals surface area contributed by atoms with Gasteiger partial charge in [-0.25, -0.2) is 14.3 Å². The van der Waals surface area contributed by atoms with Gasteiger partial charge in [-0.2, -0.15) is 11.8 Å². The Morgan fingerprint density at radius 3 is 3.05 bits per heavy atom. The molecule has 1 unspecified atom stereocenters. The second-order valence-electron chi connectivity index (χ2n) is 4.70. The van der Waals surface area contributed by atoms with Crippen molar-refractivity contribution < 1.29 is 17.6 Å². The molecule has 7 nitrogen and oxygen atoms in total. The molecule has 118 valence electrons. The van der Waals surface area contributed by atoms with E-state index in [1.807, 2.05) is 10.3 Å². The normalized spacial score (nSPS) is 20.4. The monoisotopic (exact) mass is 333 g/mol. The summed E-state index contributed by atoms with van der Waals surface area (Å²) in [6.07, 6.45) is 1.40. The van der Waals surface area contributed by atoms with Gasteiger partial charge in [-0.15, -0.1) is 0 Å². The number of rotatable bonds is 5. The van der Waals surface area contributed by atoms with Crippen molar-refractivity contribution in [3.05, 3.63) is 23.7 Å². The van der Waals surface area contributed by atoms with E-state index < -0.39 is 21.1 Å². The zero-order chi connectivity index (χ0) is 15.5. The lowest BCUT2D eigenvalue weighted by molar-refractivity contribution is 0.0923. The number of hydrazine groups is 1. The lowest BCUT2D eigenvalue weighted by Gasteiger charge is -2.34. The van der Waals surface area contributed by atoms with E-state index in [1.165, 1.54) is 6.26 Å². The fourth-order valence-corrected chi connectivity index (χ4v) is 5.34. The highest BCUT2D eigenvalue weighted by molar-refractivity contribution is 8.01. The average molecular weight is 333 g/mol. The molecule has 1 saturated heterocycles. The standard InChI is InChI=1S/C12H19N3O4S2/c1-2-21(17,18)10-8-20-6-4-15(10)7-9-3-5-19-11(9)12(16)14-13/h3,5,10H,2,4,6-8,13H2,1H3,(H,14,16). The Morgan fingerprint density at radius 2 is 2.38 bits per heavy atom. The van der Waals surface area contributed by atoms with E-state index in [-0.39, 0.29) is 11.5 Å². The van der Waals surface area contributed by atoms with Crippen LogP contribution in [0.3, 0.4) is 0 Å². The molecule has 0 saturated carbocycles. The summed E-state index contributed by atoms with van der Waals surface area (Å²) in [6.45, 7) is 2.66. The largest absolute Gasteiger partial charge is 0.459 e. The smallest absolute Gasteiger partial charge is 0.301 e. The van der Waals surface area contributed by atoms with Crippen LogP contribution in [0.15, 0.2) is 16.7 Å². The molecule has 1 aromatic heterocycles. The Hall–Kier alpha value is -1.03. The van der Waals surface area contributed by atoms with Gasteiger partial charge in [0.05, 0.1) is 6.26 Å². The van der Waals surface area contributed by atoms with Crippen LogP contribution in [0.4, 0.5) is 0 Å². The summed E-state index contributed by atoms with van der Waals surface area (Å²) in [4.78, 5) is 13.5. The van der Waals surface area contributed by atoms with E-state index >= 15 is 0 Å². The van der Waals surface area contributed by atoms with Gasteiger partial charge in [0.2, 0.25) is 0 Å². The Labute approximate surface area is 128 Å². The van der Waals surface area contributed by atoms with Gasteiger partial charge in [0.25, 0.3) is 0 Å². The summed E-state index contributed by atoms with van der Waals surface area (Å²) >= 11 is 1.63.